The molecule has 0 bridgehead atoms. The van der Waals surface area contributed by atoms with E-state index >= 15 is 0 Å². The van der Waals surface area contributed by atoms with Crippen LogP contribution in [0.1, 0.15) is 25.8 Å². The lowest BCUT2D eigenvalue weighted by atomic mass is 10.1. The fourth-order valence-corrected chi connectivity index (χ4v) is 2.78. The van der Waals surface area contributed by atoms with Gasteiger partial charge in [-0.25, -0.2) is 0 Å². The van der Waals surface area contributed by atoms with Crippen molar-refractivity contribution in [2.24, 2.45) is 0 Å². The monoisotopic (exact) mass is 355 g/mol. The summed E-state index contributed by atoms with van der Waals surface area (Å²) < 4.78 is 17.4. The minimum absolute atomic E-state index is 0.144. The van der Waals surface area contributed by atoms with Crippen LogP contribution in [0.2, 0.25) is 0 Å². The molecule has 1 N–H and O–H groups in total. The van der Waals surface area contributed by atoms with E-state index in [2.05, 4.69) is 12.2 Å². The highest BCUT2D eigenvalue weighted by atomic mass is 16.6. The van der Waals surface area contributed by atoms with Crippen LogP contribution in [0.5, 0.6) is 17.2 Å². The van der Waals surface area contributed by atoms with E-state index in [9.17, 15) is 4.79 Å². The van der Waals surface area contributed by atoms with Gasteiger partial charge in [0.2, 0.25) is 0 Å². The molecule has 0 aliphatic carbocycles. The molecule has 0 fully saturated rings. The number of carbonyl (C=O) groups is 1. The zero-order chi connectivity index (χ0) is 18.4. The molecule has 1 aliphatic heterocycles. The molecule has 5 heteroatoms. The number of aryl methyl sites for hydroxylation is 1. The Balaban J connectivity index is 1.51. The lowest BCUT2D eigenvalue weighted by Gasteiger charge is -2.27. The Bertz CT molecular complexity index is 729. The van der Waals surface area contributed by atoms with Gasteiger partial charge in [0.1, 0.15) is 18.5 Å². The Morgan fingerprint density at radius 2 is 1.88 bits per heavy atom. The van der Waals surface area contributed by atoms with Crippen molar-refractivity contribution in [1.82, 2.24) is 5.32 Å². The van der Waals surface area contributed by atoms with Crippen molar-refractivity contribution >= 4 is 5.91 Å². The molecular weight excluding hydrogens is 330 g/mol. The number of carbonyl (C=O) groups excluding carboxylic acids is 1. The molecule has 0 saturated heterocycles. The fourth-order valence-electron chi connectivity index (χ4n) is 2.78. The maximum Gasteiger partial charge on any atom is 0.261 e. The molecule has 0 spiro atoms. The Hall–Kier alpha value is -2.69. The van der Waals surface area contributed by atoms with Crippen LogP contribution in [0.15, 0.2) is 48.5 Å². The van der Waals surface area contributed by atoms with E-state index in [-0.39, 0.29) is 12.0 Å². The lowest BCUT2D eigenvalue weighted by Crippen LogP contribution is -2.45. The van der Waals surface area contributed by atoms with Crippen molar-refractivity contribution in [1.29, 1.82) is 0 Å². The molecule has 1 amide bonds. The second-order valence-electron chi connectivity index (χ2n) is 6.25. The summed E-state index contributed by atoms with van der Waals surface area (Å²) in [5, 5.41) is 2.91. The summed E-state index contributed by atoms with van der Waals surface area (Å²) in [5.41, 5.74) is 1.24. The second-order valence-corrected chi connectivity index (χ2v) is 6.25. The summed E-state index contributed by atoms with van der Waals surface area (Å²) in [7, 11) is 0. The molecular formula is C21H25NO4. The molecule has 0 radical (unpaired) electrons. The van der Waals surface area contributed by atoms with Crippen LogP contribution >= 0.6 is 0 Å². The van der Waals surface area contributed by atoms with Gasteiger partial charge in [0, 0.05) is 0 Å². The van der Waals surface area contributed by atoms with Gasteiger partial charge in [-0.15, -0.1) is 0 Å². The normalized spacial score (nSPS) is 16.6. The van der Waals surface area contributed by atoms with E-state index in [1.165, 1.54) is 5.56 Å². The molecule has 1 aliphatic rings. The first kappa shape index (κ1) is 18.1. The summed E-state index contributed by atoms with van der Waals surface area (Å²) in [4.78, 5) is 12.5. The SMILES string of the molecule is CCc1ccc(O[C@@H](CC)C(=O)NC[C@H]2COc3ccccc3O2)cc1. The van der Waals surface area contributed by atoms with Gasteiger partial charge in [0.15, 0.2) is 17.6 Å². The molecule has 1 heterocycles. The molecule has 138 valence electrons. The molecule has 0 unspecified atom stereocenters. The van der Waals surface area contributed by atoms with Gasteiger partial charge in [-0.3, -0.25) is 4.79 Å². The average Bonchev–Trinajstić information content (AvgIpc) is 2.70. The van der Waals surface area contributed by atoms with Gasteiger partial charge in [0.25, 0.3) is 5.91 Å². The van der Waals surface area contributed by atoms with Crippen LogP contribution in [0.3, 0.4) is 0 Å². The van der Waals surface area contributed by atoms with Crippen LogP contribution in [0.25, 0.3) is 0 Å². The topological polar surface area (TPSA) is 56.8 Å². The molecule has 26 heavy (non-hydrogen) atoms. The van der Waals surface area contributed by atoms with Crippen molar-refractivity contribution in [3.63, 3.8) is 0 Å². The van der Waals surface area contributed by atoms with Gasteiger partial charge in [-0.2, -0.15) is 0 Å². The van der Waals surface area contributed by atoms with Gasteiger partial charge in [-0.05, 0) is 42.7 Å². The van der Waals surface area contributed by atoms with E-state index < -0.39 is 6.10 Å². The second kappa shape index (κ2) is 8.61. The van der Waals surface area contributed by atoms with Crippen LogP contribution in [0.4, 0.5) is 0 Å². The summed E-state index contributed by atoms with van der Waals surface area (Å²) in [6.45, 7) is 4.82. The fraction of sp³-hybridized carbons (Fsp3) is 0.381. The number of nitrogens with one attached hydrogen (secondary N) is 1. The number of fused-ring (bicyclic) bond motifs is 1. The largest absolute Gasteiger partial charge is 0.486 e. The number of hydrogen-bond acceptors (Lipinski definition) is 4. The van der Waals surface area contributed by atoms with Crippen LogP contribution in [-0.4, -0.2) is 31.3 Å². The average molecular weight is 355 g/mol. The molecule has 2 atom stereocenters. The number of para-hydroxylation sites is 2. The summed E-state index contributed by atoms with van der Waals surface area (Å²) >= 11 is 0. The van der Waals surface area contributed by atoms with Gasteiger partial charge in [0.05, 0.1) is 6.54 Å². The zero-order valence-electron chi connectivity index (χ0n) is 15.2. The first-order chi connectivity index (χ1) is 12.7. The lowest BCUT2D eigenvalue weighted by molar-refractivity contribution is -0.128. The van der Waals surface area contributed by atoms with Crippen molar-refractivity contribution in [3.8, 4) is 17.2 Å². The minimum Gasteiger partial charge on any atom is -0.486 e. The highest BCUT2D eigenvalue weighted by Gasteiger charge is 2.24. The highest BCUT2D eigenvalue weighted by molar-refractivity contribution is 5.81. The number of ether oxygens (including phenoxy) is 3. The number of benzene rings is 2. The number of amides is 1. The third kappa shape index (κ3) is 4.48. The molecule has 2 aromatic carbocycles. The summed E-state index contributed by atoms with van der Waals surface area (Å²) in [6, 6.07) is 15.4. The van der Waals surface area contributed by atoms with E-state index in [1.54, 1.807) is 0 Å². The Morgan fingerprint density at radius 1 is 1.15 bits per heavy atom. The van der Waals surface area contributed by atoms with E-state index in [0.717, 1.165) is 12.2 Å². The third-order valence-corrected chi connectivity index (χ3v) is 4.34. The van der Waals surface area contributed by atoms with Crippen LogP contribution in [-0.2, 0) is 11.2 Å². The van der Waals surface area contributed by atoms with Gasteiger partial charge in [-0.1, -0.05) is 38.1 Å². The van der Waals surface area contributed by atoms with Crippen LogP contribution in [0, 0.1) is 0 Å². The van der Waals surface area contributed by atoms with E-state index in [0.29, 0.717) is 31.1 Å². The number of rotatable bonds is 7. The quantitative estimate of drug-likeness (QED) is 0.827. The van der Waals surface area contributed by atoms with Crippen molar-refractivity contribution in [3.05, 3.63) is 54.1 Å². The Labute approximate surface area is 154 Å². The maximum atomic E-state index is 12.5. The smallest absolute Gasteiger partial charge is 0.261 e. The third-order valence-electron chi connectivity index (χ3n) is 4.34. The molecule has 3 rings (SSSR count). The summed E-state index contributed by atoms with van der Waals surface area (Å²) in [5.74, 6) is 2.00. The predicted octanol–water partition coefficient (Wildman–Crippen LogP) is 3.36. The maximum absolute atomic E-state index is 12.5. The summed E-state index contributed by atoms with van der Waals surface area (Å²) in [6.07, 6.45) is 0.825. The van der Waals surface area contributed by atoms with Crippen molar-refractivity contribution in [2.45, 2.75) is 38.9 Å². The minimum atomic E-state index is -0.528. The van der Waals surface area contributed by atoms with E-state index in [1.807, 2.05) is 55.5 Å². The first-order valence-corrected chi connectivity index (χ1v) is 9.11. The number of hydrogen-bond donors (Lipinski definition) is 1. The zero-order valence-corrected chi connectivity index (χ0v) is 15.2. The Morgan fingerprint density at radius 3 is 2.58 bits per heavy atom. The molecule has 5 nitrogen and oxygen atoms in total. The highest BCUT2D eigenvalue weighted by Crippen LogP contribution is 2.30. The first-order valence-electron chi connectivity index (χ1n) is 9.11. The molecule has 0 saturated carbocycles. The van der Waals surface area contributed by atoms with Gasteiger partial charge >= 0.3 is 0 Å². The predicted molar refractivity (Wildman–Crippen MR) is 99.9 cm³/mol. The molecule has 2 aromatic rings. The van der Waals surface area contributed by atoms with Crippen molar-refractivity contribution < 1.29 is 19.0 Å². The van der Waals surface area contributed by atoms with E-state index in [4.69, 9.17) is 14.2 Å². The van der Waals surface area contributed by atoms with Crippen molar-refractivity contribution in [2.75, 3.05) is 13.2 Å². The van der Waals surface area contributed by atoms with Gasteiger partial charge < -0.3 is 19.5 Å². The standard InChI is InChI=1S/C21H25NO4/c1-3-15-9-11-16(12-10-15)25-18(4-2)21(23)22-13-17-14-24-19-7-5-6-8-20(19)26-17/h5-12,17-18H,3-4,13-14H2,1-2H3,(H,22,23)/t17-,18-/m0/s1. The molecule has 0 aromatic heterocycles. The Kier molecular flexibility index (Phi) is 6.00. The van der Waals surface area contributed by atoms with Crippen LogP contribution < -0.4 is 19.5 Å².